The minimum atomic E-state index is -0.159. The summed E-state index contributed by atoms with van der Waals surface area (Å²) in [5, 5.41) is 4.32. The van der Waals surface area contributed by atoms with Gasteiger partial charge in [-0.05, 0) is 42.3 Å². The van der Waals surface area contributed by atoms with Crippen molar-refractivity contribution in [3.8, 4) is 0 Å². The summed E-state index contributed by atoms with van der Waals surface area (Å²) in [5.74, 6) is 0.649. The summed E-state index contributed by atoms with van der Waals surface area (Å²) < 4.78 is 7.70. The summed E-state index contributed by atoms with van der Waals surface area (Å²) in [4.78, 5) is 12.9. The second-order valence-electron chi connectivity index (χ2n) is 6.66. The molecule has 2 aromatic heterocycles. The number of hydrogen-bond acceptors (Lipinski definition) is 2. The second kappa shape index (κ2) is 7.74. The number of fused-ring (bicyclic) bond motifs is 1. The molecule has 4 aromatic rings. The van der Waals surface area contributed by atoms with Crippen LogP contribution in [-0.2, 0) is 13.1 Å². The zero-order valence-corrected chi connectivity index (χ0v) is 16.7. The highest BCUT2D eigenvalue weighted by Gasteiger charge is 2.18. The molecule has 0 radical (unpaired) electrons. The zero-order chi connectivity index (χ0) is 19.7. The van der Waals surface area contributed by atoms with Crippen molar-refractivity contribution in [3.05, 3.63) is 93.3 Å². The largest absolute Gasteiger partial charge is 0.460 e. The normalized spacial score (nSPS) is 11.1. The molecule has 0 aliphatic carbocycles. The van der Waals surface area contributed by atoms with Crippen LogP contribution in [0.2, 0.25) is 10.0 Å². The van der Waals surface area contributed by atoms with E-state index in [1.54, 1.807) is 6.07 Å². The SMILES string of the molecule is Cc1cc2c(cc(C(=O)NCc3ccc(Cl)cc3)n2Cc2ccc(Cl)cc2)o1. The fourth-order valence-electron chi connectivity index (χ4n) is 3.17. The van der Waals surface area contributed by atoms with Crippen molar-refractivity contribution >= 4 is 40.2 Å². The Labute approximate surface area is 172 Å². The zero-order valence-electron chi connectivity index (χ0n) is 15.2. The molecule has 2 heterocycles. The van der Waals surface area contributed by atoms with Crippen molar-refractivity contribution in [2.75, 3.05) is 0 Å². The average Bonchev–Trinajstić information content (AvgIpc) is 3.20. The van der Waals surface area contributed by atoms with Crippen LogP contribution in [0, 0.1) is 6.92 Å². The smallest absolute Gasteiger partial charge is 0.268 e. The number of hydrogen-bond donors (Lipinski definition) is 1. The van der Waals surface area contributed by atoms with E-state index in [1.807, 2.05) is 66.1 Å². The molecule has 0 spiro atoms. The third kappa shape index (κ3) is 3.93. The van der Waals surface area contributed by atoms with Gasteiger partial charge in [0.1, 0.15) is 11.5 Å². The van der Waals surface area contributed by atoms with Gasteiger partial charge in [0.15, 0.2) is 5.58 Å². The molecule has 2 aromatic carbocycles. The Bertz CT molecular complexity index is 1130. The van der Waals surface area contributed by atoms with Crippen LogP contribution in [0.1, 0.15) is 27.4 Å². The minimum Gasteiger partial charge on any atom is -0.460 e. The summed E-state index contributed by atoms with van der Waals surface area (Å²) in [6, 6.07) is 18.7. The third-order valence-corrected chi connectivity index (χ3v) is 5.07. The average molecular weight is 413 g/mol. The summed E-state index contributed by atoms with van der Waals surface area (Å²) in [6.07, 6.45) is 0. The maximum absolute atomic E-state index is 12.9. The number of nitrogens with zero attached hydrogens (tertiary/aromatic N) is 1. The van der Waals surface area contributed by atoms with Gasteiger partial charge in [-0.2, -0.15) is 0 Å². The minimum absolute atomic E-state index is 0.159. The number of rotatable bonds is 5. The highest BCUT2D eigenvalue weighted by molar-refractivity contribution is 6.30. The number of halogens is 2. The molecule has 0 saturated carbocycles. The molecular formula is C22H18Cl2N2O2. The van der Waals surface area contributed by atoms with Crippen LogP contribution >= 0.6 is 23.2 Å². The maximum atomic E-state index is 12.9. The van der Waals surface area contributed by atoms with Gasteiger partial charge in [0.05, 0.1) is 5.52 Å². The Kier molecular flexibility index (Phi) is 5.16. The van der Waals surface area contributed by atoms with Crippen molar-refractivity contribution in [2.45, 2.75) is 20.0 Å². The van der Waals surface area contributed by atoms with E-state index in [9.17, 15) is 4.79 Å². The lowest BCUT2D eigenvalue weighted by molar-refractivity contribution is 0.0942. The number of furan rings is 1. The van der Waals surface area contributed by atoms with Crippen molar-refractivity contribution in [1.29, 1.82) is 0 Å². The Morgan fingerprint density at radius 3 is 2.21 bits per heavy atom. The molecule has 0 unspecified atom stereocenters. The van der Waals surface area contributed by atoms with E-state index in [-0.39, 0.29) is 5.91 Å². The van der Waals surface area contributed by atoms with Gasteiger partial charge < -0.3 is 14.3 Å². The number of amides is 1. The second-order valence-corrected chi connectivity index (χ2v) is 7.53. The van der Waals surface area contributed by atoms with Crippen LogP contribution in [0.4, 0.5) is 0 Å². The Morgan fingerprint density at radius 2 is 1.57 bits per heavy atom. The van der Waals surface area contributed by atoms with Gasteiger partial charge in [0.2, 0.25) is 0 Å². The van der Waals surface area contributed by atoms with Gasteiger partial charge in [-0.15, -0.1) is 0 Å². The van der Waals surface area contributed by atoms with Crippen LogP contribution < -0.4 is 5.32 Å². The van der Waals surface area contributed by atoms with Gasteiger partial charge >= 0.3 is 0 Å². The molecule has 0 bridgehead atoms. The first-order valence-corrected chi connectivity index (χ1v) is 9.62. The van der Waals surface area contributed by atoms with Crippen LogP contribution in [0.3, 0.4) is 0 Å². The molecule has 4 nitrogen and oxygen atoms in total. The molecule has 0 fully saturated rings. The Morgan fingerprint density at radius 1 is 0.964 bits per heavy atom. The molecular weight excluding hydrogens is 395 g/mol. The highest BCUT2D eigenvalue weighted by Crippen LogP contribution is 2.25. The summed E-state index contributed by atoms with van der Waals surface area (Å²) >= 11 is 11.9. The summed E-state index contributed by atoms with van der Waals surface area (Å²) in [6.45, 7) is 2.86. The molecule has 0 saturated heterocycles. The first-order valence-electron chi connectivity index (χ1n) is 8.86. The summed E-state index contributed by atoms with van der Waals surface area (Å²) in [7, 11) is 0. The van der Waals surface area contributed by atoms with Crippen LogP contribution in [0.25, 0.3) is 11.1 Å². The highest BCUT2D eigenvalue weighted by atomic mass is 35.5. The first-order chi connectivity index (χ1) is 13.5. The van der Waals surface area contributed by atoms with Crippen molar-refractivity contribution in [3.63, 3.8) is 0 Å². The summed E-state index contributed by atoms with van der Waals surface area (Å²) in [5.41, 5.74) is 4.17. The van der Waals surface area contributed by atoms with Crippen molar-refractivity contribution in [2.24, 2.45) is 0 Å². The first kappa shape index (κ1) is 18.7. The Hall–Kier alpha value is -2.69. The molecule has 1 amide bonds. The van der Waals surface area contributed by atoms with Gasteiger partial charge in [-0.1, -0.05) is 47.5 Å². The van der Waals surface area contributed by atoms with Crippen LogP contribution in [0.15, 0.2) is 65.1 Å². The van der Waals surface area contributed by atoms with E-state index in [0.717, 1.165) is 22.4 Å². The number of aryl methyl sites for hydroxylation is 1. The van der Waals surface area contributed by atoms with Crippen molar-refractivity contribution in [1.82, 2.24) is 9.88 Å². The van der Waals surface area contributed by atoms with Crippen LogP contribution in [0.5, 0.6) is 0 Å². The topological polar surface area (TPSA) is 47.2 Å². The van der Waals surface area contributed by atoms with E-state index < -0.39 is 0 Å². The molecule has 28 heavy (non-hydrogen) atoms. The lowest BCUT2D eigenvalue weighted by Crippen LogP contribution is -2.25. The molecule has 142 valence electrons. The number of benzene rings is 2. The van der Waals surface area contributed by atoms with E-state index >= 15 is 0 Å². The van der Waals surface area contributed by atoms with E-state index in [1.165, 1.54) is 0 Å². The standard InChI is InChI=1S/C22H18Cl2N2O2/c1-14-10-19-21(28-14)11-20(26(19)13-16-4-8-18(24)9-5-16)22(27)25-12-15-2-6-17(23)7-3-15/h2-11H,12-13H2,1H3,(H,25,27). The lowest BCUT2D eigenvalue weighted by Gasteiger charge is -2.11. The van der Waals surface area contributed by atoms with E-state index in [0.29, 0.717) is 34.4 Å². The van der Waals surface area contributed by atoms with E-state index in [4.69, 9.17) is 27.6 Å². The fourth-order valence-corrected chi connectivity index (χ4v) is 3.42. The van der Waals surface area contributed by atoms with Gasteiger partial charge in [0, 0.05) is 35.3 Å². The van der Waals surface area contributed by atoms with Gasteiger partial charge in [-0.25, -0.2) is 0 Å². The molecule has 4 rings (SSSR count). The maximum Gasteiger partial charge on any atom is 0.268 e. The van der Waals surface area contributed by atoms with E-state index in [2.05, 4.69) is 5.32 Å². The van der Waals surface area contributed by atoms with Crippen molar-refractivity contribution < 1.29 is 9.21 Å². The Balaban J connectivity index is 1.61. The fraction of sp³-hybridized carbons (Fsp3) is 0.136. The predicted octanol–water partition coefficient (Wildman–Crippen LogP) is 5.83. The molecule has 6 heteroatoms. The monoisotopic (exact) mass is 412 g/mol. The predicted molar refractivity (Wildman–Crippen MR) is 112 cm³/mol. The van der Waals surface area contributed by atoms with Crippen LogP contribution in [-0.4, -0.2) is 10.5 Å². The number of nitrogens with one attached hydrogen (secondary N) is 1. The molecule has 1 N–H and O–H groups in total. The molecule has 0 atom stereocenters. The van der Waals surface area contributed by atoms with Gasteiger partial charge in [-0.3, -0.25) is 4.79 Å². The number of aromatic nitrogens is 1. The van der Waals surface area contributed by atoms with Gasteiger partial charge in [0.25, 0.3) is 5.91 Å². The molecule has 0 aliphatic rings. The molecule has 0 aliphatic heterocycles. The number of carbonyl (C=O) groups is 1. The number of carbonyl (C=O) groups excluding carboxylic acids is 1. The third-order valence-electron chi connectivity index (χ3n) is 4.57. The lowest BCUT2D eigenvalue weighted by atomic mass is 10.2. The quantitative estimate of drug-likeness (QED) is 0.448.